The molecule has 2 saturated carbocycles. The summed E-state index contributed by atoms with van der Waals surface area (Å²) in [7, 11) is 0. The molecule has 0 amide bonds. The molecule has 0 aliphatic heterocycles. The molecule has 0 saturated heterocycles. The smallest absolute Gasteiger partial charge is 0.243 e. The van der Waals surface area contributed by atoms with E-state index in [2.05, 4.69) is 20.5 Å². The van der Waals surface area contributed by atoms with Crippen LogP contribution in [-0.4, -0.2) is 31.9 Å². The lowest BCUT2D eigenvalue weighted by Crippen LogP contribution is -2.48. The summed E-state index contributed by atoms with van der Waals surface area (Å²) in [5, 5.41) is 20.8. The maximum Gasteiger partial charge on any atom is 0.243 e. The van der Waals surface area contributed by atoms with Crippen molar-refractivity contribution in [2.75, 3.05) is 5.32 Å². The summed E-state index contributed by atoms with van der Waals surface area (Å²) in [5.74, 6) is 1.20. The Balaban J connectivity index is 1.64. The van der Waals surface area contributed by atoms with Crippen LogP contribution in [0, 0.1) is 0 Å². The fraction of sp³-hybridized carbons (Fsp3) is 0.727. The molecule has 5 nitrogen and oxygen atoms in total. The second kappa shape index (κ2) is 3.38. The van der Waals surface area contributed by atoms with Crippen LogP contribution in [0.25, 0.3) is 0 Å². The average molecular weight is 220 g/mol. The summed E-state index contributed by atoms with van der Waals surface area (Å²) in [4.78, 5) is 4.44. The highest BCUT2D eigenvalue weighted by Gasteiger charge is 2.38. The number of anilines is 1. The molecule has 16 heavy (non-hydrogen) atoms. The van der Waals surface area contributed by atoms with Crippen LogP contribution in [0.5, 0.6) is 0 Å². The van der Waals surface area contributed by atoms with Gasteiger partial charge in [-0.1, -0.05) is 0 Å². The van der Waals surface area contributed by atoms with Gasteiger partial charge in [0.25, 0.3) is 0 Å². The largest absolute Gasteiger partial charge is 0.390 e. The van der Waals surface area contributed by atoms with E-state index in [0.717, 1.165) is 18.5 Å². The molecule has 3 rings (SSSR count). The van der Waals surface area contributed by atoms with Crippen molar-refractivity contribution in [2.45, 2.75) is 50.2 Å². The highest BCUT2D eigenvalue weighted by molar-refractivity contribution is 5.28. The first-order valence-electron chi connectivity index (χ1n) is 5.81. The van der Waals surface area contributed by atoms with E-state index in [-0.39, 0.29) is 6.04 Å². The number of aromatic nitrogens is 3. The molecule has 0 radical (unpaired) electrons. The van der Waals surface area contributed by atoms with E-state index in [0.29, 0.717) is 11.9 Å². The first-order valence-corrected chi connectivity index (χ1v) is 5.81. The van der Waals surface area contributed by atoms with Gasteiger partial charge in [0.05, 0.1) is 17.5 Å². The molecule has 0 spiro atoms. The van der Waals surface area contributed by atoms with Crippen LogP contribution in [-0.2, 0) is 0 Å². The van der Waals surface area contributed by atoms with Crippen LogP contribution in [0.3, 0.4) is 0 Å². The molecule has 2 fully saturated rings. The first-order chi connectivity index (χ1) is 7.62. The van der Waals surface area contributed by atoms with Gasteiger partial charge in [-0.15, -0.1) is 5.10 Å². The molecule has 86 valence electrons. The zero-order chi connectivity index (χ0) is 11.2. The number of aliphatic hydroxyl groups is 1. The summed E-state index contributed by atoms with van der Waals surface area (Å²) in [6, 6.07) is 0.284. The predicted octanol–water partition coefficient (Wildman–Crippen LogP) is 1.07. The molecule has 1 aromatic heterocycles. The Morgan fingerprint density at radius 3 is 2.81 bits per heavy atom. The fourth-order valence-corrected chi connectivity index (χ4v) is 2.24. The molecule has 0 atom stereocenters. The van der Waals surface area contributed by atoms with Gasteiger partial charge in [0, 0.05) is 12.0 Å². The van der Waals surface area contributed by atoms with Crippen molar-refractivity contribution < 1.29 is 5.11 Å². The molecule has 0 aromatic carbocycles. The number of hydrogen-bond acceptors (Lipinski definition) is 5. The molecule has 2 aliphatic rings. The van der Waals surface area contributed by atoms with Crippen molar-refractivity contribution in [3.05, 3.63) is 11.9 Å². The van der Waals surface area contributed by atoms with E-state index in [1.165, 1.54) is 12.8 Å². The minimum atomic E-state index is -0.515. The Labute approximate surface area is 94.3 Å². The van der Waals surface area contributed by atoms with E-state index in [1.54, 1.807) is 6.20 Å². The number of nitrogens with one attached hydrogen (secondary N) is 1. The van der Waals surface area contributed by atoms with E-state index in [4.69, 9.17) is 0 Å². The molecule has 1 heterocycles. The van der Waals surface area contributed by atoms with Crippen LogP contribution < -0.4 is 5.32 Å². The standard InChI is InChI=1S/C11H16N4O/c1-11(16)4-8(5-11)13-10-14-9(6-12-15-10)7-2-3-7/h6-8,16H,2-5H2,1H3,(H,13,14,15). The molecule has 2 aliphatic carbocycles. The van der Waals surface area contributed by atoms with Crippen molar-refractivity contribution in [3.63, 3.8) is 0 Å². The lowest BCUT2D eigenvalue weighted by atomic mass is 9.77. The minimum absolute atomic E-state index is 0.284. The van der Waals surface area contributed by atoms with E-state index < -0.39 is 5.60 Å². The molecule has 1 aromatic rings. The number of rotatable bonds is 3. The Kier molecular flexibility index (Phi) is 2.10. The van der Waals surface area contributed by atoms with Crippen molar-refractivity contribution in [1.29, 1.82) is 0 Å². The first kappa shape index (κ1) is 9.96. The molecular weight excluding hydrogens is 204 g/mol. The van der Waals surface area contributed by atoms with Crippen LogP contribution in [0.4, 0.5) is 5.95 Å². The van der Waals surface area contributed by atoms with Gasteiger partial charge >= 0.3 is 0 Å². The Hall–Kier alpha value is -1.23. The fourth-order valence-electron chi connectivity index (χ4n) is 2.24. The van der Waals surface area contributed by atoms with Gasteiger partial charge in [0.2, 0.25) is 5.95 Å². The highest BCUT2D eigenvalue weighted by atomic mass is 16.3. The topological polar surface area (TPSA) is 70.9 Å². The maximum absolute atomic E-state index is 9.62. The zero-order valence-electron chi connectivity index (χ0n) is 9.35. The Morgan fingerprint density at radius 2 is 2.19 bits per heavy atom. The van der Waals surface area contributed by atoms with Gasteiger partial charge in [0.15, 0.2) is 0 Å². The van der Waals surface area contributed by atoms with Gasteiger partial charge < -0.3 is 10.4 Å². The van der Waals surface area contributed by atoms with E-state index in [9.17, 15) is 5.11 Å². The van der Waals surface area contributed by atoms with Crippen molar-refractivity contribution in [3.8, 4) is 0 Å². The van der Waals surface area contributed by atoms with E-state index >= 15 is 0 Å². The molecular formula is C11H16N4O. The SMILES string of the molecule is CC1(O)CC(Nc2nncc(C3CC3)n2)C1. The highest BCUT2D eigenvalue weighted by Crippen LogP contribution is 2.39. The van der Waals surface area contributed by atoms with Crippen LogP contribution in [0.1, 0.15) is 44.2 Å². The van der Waals surface area contributed by atoms with Gasteiger partial charge in [-0.05, 0) is 32.6 Å². The molecule has 2 N–H and O–H groups in total. The Morgan fingerprint density at radius 1 is 1.44 bits per heavy atom. The summed E-state index contributed by atoms with van der Waals surface area (Å²) in [5.41, 5.74) is 0.530. The predicted molar refractivity (Wildman–Crippen MR) is 59.1 cm³/mol. The average Bonchev–Trinajstić information content (AvgIpc) is 2.98. The molecule has 0 unspecified atom stereocenters. The lowest BCUT2D eigenvalue weighted by Gasteiger charge is -2.41. The third kappa shape index (κ3) is 2.00. The minimum Gasteiger partial charge on any atom is -0.390 e. The third-order valence-corrected chi connectivity index (χ3v) is 3.28. The van der Waals surface area contributed by atoms with Gasteiger partial charge in [-0.3, -0.25) is 0 Å². The van der Waals surface area contributed by atoms with Gasteiger partial charge in [-0.2, -0.15) is 5.10 Å². The second-order valence-electron chi connectivity index (χ2n) is 5.23. The van der Waals surface area contributed by atoms with Crippen LogP contribution >= 0.6 is 0 Å². The van der Waals surface area contributed by atoms with Crippen molar-refractivity contribution in [1.82, 2.24) is 15.2 Å². The van der Waals surface area contributed by atoms with E-state index in [1.807, 2.05) is 6.92 Å². The summed E-state index contributed by atoms with van der Waals surface area (Å²) in [6.07, 6.45) is 5.69. The van der Waals surface area contributed by atoms with Gasteiger partial charge in [0.1, 0.15) is 0 Å². The quantitative estimate of drug-likeness (QED) is 0.797. The summed E-state index contributed by atoms with van der Waals surface area (Å²) < 4.78 is 0. The van der Waals surface area contributed by atoms with Crippen molar-refractivity contribution >= 4 is 5.95 Å². The Bertz CT molecular complexity index is 395. The number of nitrogens with zero attached hydrogens (tertiary/aromatic N) is 3. The number of hydrogen-bond donors (Lipinski definition) is 2. The molecule has 0 bridgehead atoms. The van der Waals surface area contributed by atoms with Gasteiger partial charge in [-0.25, -0.2) is 4.98 Å². The lowest BCUT2D eigenvalue weighted by molar-refractivity contribution is -0.0236. The normalized spacial score (nSPS) is 33.2. The monoisotopic (exact) mass is 220 g/mol. The maximum atomic E-state index is 9.62. The zero-order valence-corrected chi connectivity index (χ0v) is 9.35. The van der Waals surface area contributed by atoms with Crippen LogP contribution in [0.15, 0.2) is 6.20 Å². The summed E-state index contributed by atoms with van der Waals surface area (Å²) in [6.45, 7) is 1.85. The second-order valence-corrected chi connectivity index (χ2v) is 5.23. The van der Waals surface area contributed by atoms with Crippen molar-refractivity contribution in [2.24, 2.45) is 0 Å². The third-order valence-electron chi connectivity index (χ3n) is 3.28. The van der Waals surface area contributed by atoms with Crippen LogP contribution in [0.2, 0.25) is 0 Å². The summed E-state index contributed by atoms with van der Waals surface area (Å²) >= 11 is 0. The molecule has 5 heteroatoms.